The standard InChI is InChI=1S/C17H14N2O5/c1-10(23-17(22)13-9-12(20)7-8-14(13)21)15-18-19-16(24-15)11-5-3-2-4-6-11/h2-10,20-21H,1H3. The molecule has 0 aliphatic heterocycles. The lowest BCUT2D eigenvalue weighted by molar-refractivity contribution is 0.0276. The maximum atomic E-state index is 12.1. The summed E-state index contributed by atoms with van der Waals surface area (Å²) < 4.78 is 10.7. The Labute approximate surface area is 137 Å². The van der Waals surface area contributed by atoms with Gasteiger partial charge in [0.15, 0.2) is 6.10 Å². The van der Waals surface area contributed by atoms with Crippen LogP contribution in [0.25, 0.3) is 11.5 Å². The average Bonchev–Trinajstić information content (AvgIpc) is 3.08. The van der Waals surface area contributed by atoms with Gasteiger partial charge in [-0.15, -0.1) is 10.2 Å². The highest BCUT2D eigenvalue weighted by Gasteiger charge is 2.22. The highest BCUT2D eigenvalue weighted by Crippen LogP contribution is 2.26. The van der Waals surface area contributed by atoms with Crippen molar-refractivity contribution < 1.29 is 24.2 Å². The molecule has 3 rings (SSSR count). The molecule has 122 valence electrons. The quantitative estimate of drug-likeness (QED) is 0.560. The fourth-order valence-corrected chi connectivity index (χ4v) is 2.06. The van der Waals surface area contributed by atoms with E-state index in [0.717, 1.165) is 11.6 Å². The summed E-state index contributed by atoms with van der Waals surface area (Å²) in [6, 6.07) is 12.8. The van der Waals surface area contributed by atoms with Crippen molar-refractivity contribution in [1.82, 2.24) is 10.2 Å². The van der Waals surface area contributed by atoms with Crippen molar-refractivity contribution in [2.24, 2.45) is 0 Å². The van der Waals surface area contributed by atoms with Crippen LogP contribution in [0.5, 0.6) is 11.5 Å². The first-order valence-corrected chi connectivity index (χ1v) is 7.16. The number of hydrogen-bond acceptors (Lipinski definition) is 7. The number of nitrogens with zero attached hydrogens (tertiary/aromatic N) is 2. The molecule has 24 heavy (non-hydrogen) atoms. The normalized spacial score (nSPS) is 11.9. The molecule has 1 atom stereocenters. The predicted octanol–water partition coefficient (Wildman–Crippen LogP) is 3.07. The maximum Gasteiger partial charge on any atom is 0.342 e. The SMILES string of the molecule is CC(OC(=O)c1cc(O)ccc1O)c1nnc(-c2ccccc2)o1. The van der Waals surface area contributed by atoms with E-state index < -0.39 is 12.1 Å². The minimum atomic E-state index is -0.816. The van der Waals surface area contributed by atoms with E-state index in [4.69, 9.17) is 9.15 Å². The molecule has 7 heteroatoms. The van der Waals surface area contributed by atoms with Gasteiger partial charge in [0.05, 0.1) is 0 Å². The van der Waals surface area contributed by atoms with Crippen molar-refractivity contribution in [2.45, 2.75) is 13.0 Å². The predicted molar refractivity (Wildman–Crippen MR) is 83.3 cm³/mol. The van der Waals surface area contributed by atoms with Crippen LogP contribution in [0, 0.1) is 0 Å². The molecule has 2 N–H and O–H groups in total. The van der Waals surface area contributed by atoms with Crippen molar-refractivity contribution in [3.63, 3.8) is 0 Å². The summed E-state index contributed by atoms with van der Waals surface area (Å²) in [6.45, 7) is 1.57. The van der Waals surface area contributed by atoms with Gasteiger partial charge in [0.1, 0.15) is 17.1 Å². The van der Waals surface area contributed by atoms with Gasteiger partial charge in [-0.3, -0.25) is 0 Å². The van der Waals surface area contributed by atoms with E-state index in [1.54, 1.807) is 6.92 Å². The van der Waals surface area contributed by atoms with E-state index in [-0.39, 0.29) is 23.0 Å². The third-order valence-electron chi connectivity index (χ3n) is 3.29. The smallest absolute Gasteiger partial charge is 0.342 e. The molecule has 0 aliphatic rings. The summed E-state index contributed by atoms with van der Waals surface area (Å²) in [5, 5.41) is 26.9. The molecule has 2 aromatic carbocycles. The minimum absolute atomic E-state index is 0.127. The number of carbonyl (C=O) groups is 1. The molecule has 1 aromatic heterocycles. The molecule has 0 spiro atoms. The lowest BCUT2D eigenvalue weighted by Gasteiger charge is -2.10. The highest BCUT2D eigenvalue weighted by atomic mass is 16.6. The summed E-state index contributed by atoms with van der Waals surface area (Å²) in [5.74, 6) is -0.817. The summed E-state index contributed by atoms with van der Waals surface area (Å²) in [5.41, 5.74) is 0.602. The van der Waals surface area contributed by atoms with E-state index in [1.165, 1.54) is 12.1 Å². The van der Waals surface area contributed by atoms with Gasteiger partial charge in [0.2, 0.25) is 5.89 Å². The maximum absolute atomic E-state index is 12.1. The molecule has 0 amide bonds. The van der Waals surface area contributed by atoms with E-state index in [2.05, 4.69) is 10.2 Å². The fourth-order valence-electron chi connectivity index (χ4n) is 2.06. The van der Waals surface area contributed by atoms with Crippen molar-refractivity contribution in [1.29, 1.82) is 0 Å². The molecule has 0 fully saturated rings. The summed E-state index contributed by atoms with van der Waals surface area (Å²) in [4.78, 5) is 12.1. The number of ether oxygens (including phenoxy) is 1. The summed E-state index contributed by atoms with van der Waals surface area (Å²) >= 11 is 0. The van der Waals surface area contributed by atoms with E-state index in [0.29, 0.717) is 5.89 Å². The lowest BCUT2D eigenvalue weighted by Crippen LogP contribution is -2.09. The lowest BCUT2D eigenvalue weighted by atomic mass is 10.2. The number of phenolic OH excluding ortho intramolecular Hbond substituents is 2. The van der Waals surface area contributed by atoms with Gasteiger partial charge in [-0.05, 0) is 37.3 Å². The zero-order chi connectivity index (χ0) is 17.1. The monoisotopic (exact) mass is 326 g/mol. The van der Waals surface area contributed by atoms with Crippen LogP contribution in [-0.4, -0.2) is 26.4 Å². The van der Waals surface area contributed by atoms with Gasteiger partial charge < -0.3 is 19.4 Å². The number of benzene rings is 2. The average molecular weight is 326 g/mol. The van der Waals surface area contributed by atoms with Crippen LogP contribution in [0.2, 0.25) is 0 Å². The second kappa shape index (κ2) is 6.41. The topological polar surface area (TPSA) is 106 Å². The third kappa shape index (κ3) is 3.19. The minimum Gasteiger partial charge on any atom is -0.508 e. The first-order chi connectivity index (χ1) is 11.5. The van der Waals surface area contributed by atoms with E-state index in [1.807, 2.05) is 30.3 Å². The summed E-state index contributed by atoms with van der Waals surface area (Å²) in [7, 11) is 0. The van der Waals surface area contributed by atoms with Gasteiger partial charge in [-0.25, -0.2) is 4.79 Å². The number of aromatic nitrogens is 2. The summed E-state index contributed by atoms with van der Waals surface area (Å²) in [6.07, 6.45) is -0.816. The van der Waals surface area contributed by atoms with E-state index in [9.17, 15) is 15.0 Å². The van der Waals surface area contributed by atoms with Gasteiger partial charge in [-0.1, -0.05) is 18.2 Å². The number of hydrogen-bond donors (Lipinski definition) is 2. The molecule has 3 aromatic rings. The fraction of sp³-hybridized carbons (Fsp3) is 0.118. The molecule has 0 saturated heterocycles. The number of carbonyl (C=O) groups excluding carboxylic acids is 1. The second-order valence-electron chi connectivity index (χ2n) is 5.06. The Hall–Kier alpha value is -3.35. The Morgan fingerprint density at radius 3 is 2.62 bits per heavy atom. The molecular formula is C17H14N2O5. The number of aromatic hydroxyl groups is 2. The van der Waals surface area contributed by atoms with Crippen molar-refractivity contribution in [3.05, 3.63) is 60.0 Å². The van der Waals surface area contributed by atoms with Crippen molar-refractivity contribution in [2.75, 3.05) is 0 Å². The van der Waals surface area contributed by atoms with Gasteiger partial charge in [0, 0.05) is 5.56 Å². The van der Waals surface area contributed by atoms with Gasteiger partial charge in [0.25, 0.3) is 5.89 Å². The molecule has 1 unspecified atom stereocenters. The van der Waals surface area contributed by atoms with Crippen LogP contribution < -0.4 is 0 Å². The van der Waals surface area contributed by atoms with Crippen molar-refractivity contribution in [3.8, 4) is 23.0 Å². The molecule has 1 heterocycles. The Morgan fingerprint density at radius 2 is 1.88 bits per heavy atom. The zero-order valence-electron chi connectivity index (χ0n) is 12.7. The molecule has 7 nitrogen and oxygen atoms in total. The Bertz CT molecular complexity index is 860. The Morgan fingerprint density at radius 1 is 1.12 bits per heavy atom. The molecular weight excluding hydrogens is 312 g/mol. The Kier molecular flexibility index (Phi) is 4.15. The highest BCUT2D eigenvalue weighted by molar-refractivity contribution is 5.92. The molecule has 0 bridgehead atoms. The second-order valence-corrected chi connectivity index (χ2v) is 5.06. The Balaban J connectivity index is 1.75. The number of esters is 1. The number of rotatable bonds is 4. The third-order valence-corrected chi connectivity index (χ3v) is 3.29. The molecule has 0 saturated carbocycles. The van der Waals surface area contributed by atoms with Crippen LogP contribution in [0.4, 0.5) is 0 Å². The van der Waals surface area contributed by atoms with Crippen LogP contribution in [0.15, 0.2) is 52.9 Å². The van der Waals surface area contributed by atoms with Gasteiger partial charge in [-0.2, -0.15) is 0 Å². The van der Waals surface area contributed by atoms with Crippen molar-refractivity contribution >= 4 is 5.97 Å². The van der Waals surface area contributed by atoms with Crippen LogP contribution >= 0.6 is 0 Å². The van der Waals surface area contributed by atoms with Crippen LogP contribution in [0.3, 0.4) is 0 Å². The molecule has 0 radical (unpaired) electrons. The zero-order valence-corrected chi connectivity index (χ0v) is 12.7. The van der Waals surface area contributed by atoms with Gasteiger partial charge >= 0.3 is 5.97 Å². The first kappa shape index (κ1) is 15.5. The van der Waals surface area contributed by atoms with E-state index >= 15 is 0 Å². The van der Waals surface area contributed by atoms with Crippen LogP contribution in [0.1, 0.15) is 29.3 Å². The number of phenols is 2. The largest absolute Gasteiger partial charge is 0.508 e. The first-order valence-electron chi connectivity index (χ1n) is 7.16. The molecule has 0 aliphatic carbocycles. The van der Waals surface area contributed by atoms with Crippen LogP contribution in [-0.2, 0) is 4.74 Å².